The summed E-state index contributed by atoms with van der Waals surface area (Å²) in [5, 5.41) is 3.60. The average Bonchev–Trinajstić information content (AvgIpc) is 2.42. The molecular weight excluding hydrogens is 222 g/mol. The highest BCUT2D eigenvalue weighted by Gasteiger charge is 2.20. The van der Waals surface area contributed by atoms with Crippen LogP contribution in [0.3, 0.4) is 0 Å². The van der Waals surface area contributed by atoms with E-state index in [0.29, 0.717) is 0 Å². The van der Waals surface area contributed by atoms with Gasteiger partial charge in [0.15, 0.2) is 0 Å². The van der Waals surface area contributed by atoms with Crippen LogP contribution in [0.4, 0.5) is 0 Å². The van der Waals surface area contributed by atoms with Crippen molar-refractivity contribution in [1.82, 2.24) is 5.32 Å². The Labute approximate surface area is 110 Å². The Bertz CT molecular complexity index is 411. The van der Waals surface area contributed by atoms with Gasteiger partial charge in [0.1, 0.15) is 5.76 Å². The summed E-state index contributed by atoms with van der Waals surface area (Å²) < 4.78 is 5.85. The van der Waals surface area contributed by atoms with Gasteiger partial charge in [0.2, 0.25) is 0 Å². The van der Waals surface area contributed by atoms with Crippen LogP contribution in [-0.2, 0) is 4.74 Å². The zero-order chi connectivity index (χ0) is 12.8. The third kappa shape index (κ3) is 3.14. The Balaban J connectivity index is 2.24. The van der Waals surface area contributed by atoms with Crippen molar-refractivity contribution >= 4 is 0 Å². The third-order valence-corrected chi connectivity index (χ3v) is 3.35. The molecule has 1 heterocycles. The molecule has 18 heavy (non-hydrogen) atoms. The molecule has 0 saturated carbocycles. The lowest BCUT2D eigenvalue weighted by Crippen LogP contribution is -2.26. The van der Waals surface area contributed by atoms with Crippen molar-refractivity contribution in [2.75, 3.05) is 13.2 Å². The van der Waals surface area contributed by atoms with Gasteiger partial charge in [0.25, 0.3) is 0 Å². The molecule has 0 bridgehead atoms. The molecule has 1 aliphatic heterocycles. The number of hydrogen-bond acceptors (Lipinski definition) is 2. The molecule has 2 nitrogen and oxygen atoms in total. The van der Waals surface area contributed by atoms with E-state index in [-0.39, 0.29) is 6.04 Å². The van der Waals surface area contributed by atoms with Crippen LogP contribution in [-0.4, -0.2) is 13.2 Å². The molecule has 1 aromatic rings. The fourth-order valence-electron chi connectivity index (χ4n) is 2.34. The van der Waals surface area contributed by atoms with Crippen molar-refractivity contribution in [3.8, 4) is 0 Å². The summed E-state index contributed by atoms with van der Waals surface area (Å²) in [6, 6.07) is 8.77. The van der Waals surface area contributed by atoms with Gasteiger partial charge in [-0.3, -0.25) is 0 Å². The minimum absolute atomic E-state index is 0.214. The lowest BCUT2D eigenvalue weighted by atomic mass is 9.98. The van der Waals surface area contributed by atoms with Crippen molar-refractivity contribution in [2.45, 2.75) is 39.2 Å². The topological polar surface area (TPSA) is 21.3 Å². The van der Waals surface area contributed by atoms with Crippen molar-refractivity contribution < 1.29 is 4.74 Å². The van der Waals surface area contributed by atoms with Crippen LogP contribution in [0.15, 0.2) is 36.1 Å². The molecule has 1 aromatic carbocycles. The highest BCUT2D eigenvalue weighted by molar-refractivity contribution is 5.33. The predicted molar refractivity (Wildman–Crippen MR) is 75.5 cm³/mol. The van der Waals surface area contributed by atoms with Gasteiger partial charge in [0.05, 0.1) is 12.6 Å². The molecule has 0 saturated heterocycles. The average molecular weight is 245 g/mol. The number of benzene rings is 1. The van der Waals surface area contributed by atoms with Gasteiger partial charge in [-0.1, -0.05) is 31.2 Å². The van der Waals surface area contributed by atoms with Crippen LogP contribution >= 0.6 is 0 Å². The predicted octanol–water partition coefficient (Wildman–Crippen LogP) is 3.73. The fraction of sp³-hybridized carbons (Fsp3) is 0.500. The van der Waals surface area contributed by atoms with Gasteiger partial charge in [-0.2, -0.15) is 0 Å². The first kappa shape index (κ1) is 13.2. The van der Waals surface area contributed by atoms with Crippen LogP contribution in [0.2, 0.25) is 0 Å². The van der Waals surface area contributed by atoms with Crippen molar-refractivity contribution in [3.63, 3.8) is 0 Å². The lowest BCUT2D eigenvalue weighted by Gasteiger charge is -2.26. The molecule has 2 heteroatoms. The van der Waals surface area contributed by atoms with E-state index >= 15 is 0 Å². The maximum Gasteiger partial charge on any atom is 0.113 e. The molecule has 0 fully saturated rings. The minimum atomic E-state index is 0.214. The van der Waals surface area contributed by atoms with E-state index in [1.807, 2.05) is 0 Å². The first-order valence-corrected chi connectivity index (χ1v) is 6.94. The van der Waals surface area contributed by atoms with Crippen LogP contribution in [0.5, 0.6) is 0 Å². The molecule has 98 valence electrons. The monoisotopic (exact) mass is 245 g/mol. The molecular formula is C16H23NO. The highest BCUT2D eigenvalue weighted by atomic mass is 16.5. The maximum absolute atomic E-state index is 5.85. The molecule has 0 spiro atoms. The SMILES string of the molecule is CCCNC(C1=CCCCO1)c1ccccc1C. The van der Waals surface area contributed by atoms with E-state index in [2.05, 4.69) is 49.5 Å². The quantitative estimate of drug-likeness (QED) is 0.853. The van der Waals surface area contributed by atoms with Crippen molar-refractivity contribution in [2.24, 2.45) is 0 Å². The van der Waals surface area contributed by atoms with E-state index in [1.165, 1.54) is 11.1 Å². The minimum Gasteiger partial charge on any atom is -0.496 e. The van der Waals surface area contributed by atoms with Gasteiger partial charge in [-0.05, 0) is 49.9 Å². The van der Waals surface area contributed by atoms with E-state index in [1.54, 1.807) is 0 Å². The summed E-state index contributed by atoms with van der Waals surface area (Å²) in [6.45, 7) is 6.22. The molecule has 1 N–H and O–H groups in total. The van der Waals surface area contributed by atoms with Crippen molar-refractivity contribution in [3.05, 3.63) is 47.2 Å². The number of ether oxygens (including phenoxy) is 1. The number of nitrogens with one attached hydrogen (secondary N) is 1. The molecule has 1 aliphatic rings. The zero-order valence-electron chi connectivity index (χ0n) is 11.4. The second-order valence-electron chi connectivity index (χ2n) is 4.84. The third-order valence-electron chi connectivity index (χ3n) is 3.35. The van der Waals surface area contributed by atoms with Gasteiger partial charge in [-0.25, -0.2) is 0 Å². The van der Waals surface area contributed by atoms with Crippen LogP contribution in [0.1, 0.15) is 43.4 Å². The molecule has 1 atom stereocenters. The summed E-state index contributed by atoms with van der Waals surface area (Å²) in [5.41, 5.74) is 2.65. The van der Waals surface area contributed by atoms with Crippen LogP contribution in [0, 0.1) is 6.92 Å². The van der Waals surface area contributed by atoms with Gasteiger partial charge in [-0.15, -0.1) is 0 Å². The van der Waals surface area contributed by atoms with Crippen LogP contribution in [0.25, 0.3) is 0 Å². The van der Waals surface area contributed by atoms with E-state index in [4.69, 9.17) is 4.74 Å². The summed E-state index contributed by atoms with van der Waals surface area (Å²) in [7, 11) is 0. The Morgan fingerprint density at radius 2 is 2.17 bits per heavy atom. The van der Waals surface area contributed by atoms with E-state index < -0.39 is 0 Å². The summed E-state index contributed by atoms with van der Waals surface area (Å²) >= 11 is 0. The van der Waals surface area contributed by atoms with E-state index in [0.717, 1.165) is 38.2 Å². The second-order valence-corrected chi connectivity index (χ2v) is 4.84. The van der Waals surface area contributed by atoms with Gasteiger partial charge >= 0.3 is 0 Å². The summed E-state index contributed by atoms with van der Waals surface area (Å²) in [6.07, 6.45) is 5.64. The number of allylic oxidation sites excluding steroid dienone is 1. The highest BCUT2D eigenvalue weighted by Crippen LogP contribution is 2.28. The molecule has 0 aromatic heterocycles. The standard InChI is InChI=1S/C16H23NO/c1-3-11-17-16(15-10-6-7-12-18-15)14-9-5-4-8-13(14)2/h4-5,8-10,16-17H,3,6-7,11-12H2,1-2H3. The fourth-order valence-corrected chi connectivity index (χ4v) is 2.34. The van der Waals surface area contributed by atoms with Gasteiger partial charge in [0, 0.05) is 0 Å². The smallest absolute Gasteiger partial charge is 0.113 e. The Morgan fingerprint density at radius 1 is 1.33 bits per heavy atom. The number of hydrogen-bond donors (Lipinski definition) is 1. The Morgan fingerprint density at radius 3 is 2.83 bits per heavy atom. The summed E-state index contributed by atoms with van der Waals surface area (Å²) in [4.78, 5) is 0. The summed E-state index contributed by atoms with van der Waals surface area (Å²) in [5.74, 6) is 1.10. The Kier molecular flexibility index (Phi) is 4.82. The first-order chi connectivity index (χ1) is 8.83. The maximum atomic E-state index is 5.85. The molecule has 0 aliphatic carbocycles. The van der Waals surface area contributed by atoms with Crippen molar-refractivity contribution in [1.29, 1.82) is 0 Å². The van der Waals surface area contributed by atoms with E-state index in [9.17, 15) is 0 Å². The molecule has 2 rings (SSSR count). The second kappa shape index (κ2) is 6.60. The zero-order valence-corrected chi connectivity index (χ0v) is 11.4. The number of rotatable bonds is 5. The molecule has 0 radical (unpaired) electrons. The van der Waals surface area contributed by atoms with Gasteiger partial charge < -0.3 is 10.1 Å². The number of aryl methyl sites for hydroxylation is 1. The Hall–Kier alpha value is -1.28. The lowest BCUT2D eigenvalue weighted by molar-refractivity contribution is 0.167. The molecule has 1 unspecified atom stereocenters. The van der Waals surface area contributed by atoms with Crippen LogP contribution < -0.4 is 5.32 Å². The normalized spacial score (nSPS) is 16.9. The largest absolute Gasteiger partial charge is 0.496 e. The molecule has 0 amide bonds. The first-order valence-electron chi connectivity index (χ1n) is 6.94.